The van der Waals surface area contributed by atoms with Crippen LogP contribution in [0.1, 0.15) is 19.3 Å². The number of hydrogen-bond acceptors (Lipinski definition) is 5. The molecule has 0 bridgehead atoms. The Kier molecular flexibility index (Phi) is 5.64. The molecule has 1 aliphatic rings. The van der Waals surface area contributed by atoms with E-state index >= 15 is 0 Å². The molecule has 0 amide bonds. The first kappa shape index (κ1) is 13.5. The van der Waals surface area contributed by atoms with Gasteiger partial charge in [0.1, 0.15) is 11.0 Å². The largest absolute Gasteiger partial charge is 0.379 e. The molecular weight excluding hydrogens is 254 g/mol. The van der Waals surface area contributed by atoms with Crippen molar-refractivity contribution < 1.29 is 9.47 Å². The smallest absolute Gasteiger partial charge is 0.149 e. The van der Waals surface area contributed by atoms with E-state index in [1.807, 2.05) is 0 Å². The summed E-state index contributed by atoms with van der Waals surface area (Å²) in [6, 6.07) is 0. The zero-order valence-corrected chi connectivity index (χ0v) is 11.0. The molecule has 5 nitrogen and oxygen atoms in total. The van der Waals surface area contributed by atoms with Crippen molar-refractivity contribution in [3.8, 4) is 0 Å². The summed E-state index contributed by atoms with van der Waals surface area (Å²) in [4.78, 5) is 8.03. The van der Waals surface area contributed by atoms with Crippen molar-refractivity contribution in [2.24, 2.45) is 0 Å². The molecule has 0 radical (unpaired) electrons. The molecule has 0 aliphatic carbocycles. The maximum absolute atomic E-state index is 5.73. The summed E-state index contributed by atoms with van der Waals surface area (Å²) in [6.07, 6.45) is 6.66. The van der Waals surface area contributed by atoms with Gasteiger partial charge in [0.25, 0.3) is 0 Å². The Labute approximate surface area is 112 Å². The van der Waals surface area contributed by atoms with Crippen molar-refractivity contribution in [2.45, 2.75) is 25.4 Å². The molecule has 1 fully saturated rings. The summed E-state index contributed by atoms with van der Waals surface area (Å²) in [7, 11) is 0. The van der Waals surface area contributed by atoms with Gasteiger partial charge >= 0.3 is 0 Å². The van der Waals surface area contributed by atoms with Gasteiger partial charge in [-0.15, -0.1) is 0 Å². The highest BCUT2D eigenvalue weighted by Gasteiger charge is 2.14. The van der Waals surface area contributed by atoms with E-state index in [0.29, 0.717) is 23.7 Å². The number of nitrogens with one attached hydrogen (secondary N) is 1. The molecule has 1 saturated heterocycles. The van der Waals surface area contributed by atoms with Gasteiger partial charge in [0.2, 0.25) is 0 Å². The van der Waals surface area contributed by atoms with Crippen LogP contribution in [-0.2, 0) is 9.47 Å². The van der Waals surface area contributed by atoms with Gasteiger partial charge in [-0.25, -0.2) is 4.98 Å². The van der Waals surface area contributed by atoms with Gasteiger partial charge in [0, 0.05) is 19.8 Å². The lowest BCUT2D eigenvalue weighted by Gasteiger charge is -2.10. The highest BCUT2D eigenvalue weighted by Crippen LogP contribution is 2.12. The second-order valence-electron chi connectivity index (χ2n) is 4.22. The molecule has 2 rings (SSSR count). The summed E-state index contributed by atoms with van der Waals surface area (Å²) >= 11 is 5.73. The average Bonchev–Trinajstić information content (AvgIpc) is 2.87. The Morgan fingerprint density at radius 2 is 2.44 bits per heavy atom. The molecule has 6 heteroatoms. The molecule has 0 spiro atoms. The summed E-state index contributed by atoms with van der Waals surface area (Å²) in [6.45, 7) is 3.10. The third-order valence-corrected chi connectivity index (χ3v) is 2.89. The van der Waals surface area contributed by atoms with Gasteiger partial charge in [-0.1, -0.05) is 11.6 Å². The summed E-state index contributed by atoms with van der Waals surface area (Å²) in [5.74, 6) is 0.696. The molecule has 1 aromatic heterocycles. The predicted molar refractivity (Wildman–Crippen MR) is 69.9 cm³/mol. The monoisotopic (exact) mass is 271 g/mol. The minimum atomic E-state index is 0.303. The van der Waals surface area contributed by atoms with Crippen LogP contribution in [0.4, 0.5) is 5.82 Å². The maximum atomic E-state index is 5.73. The Morgan fingerprint density at radius 3 is 3.22 bits per heavy atom. The van der Waals surface area contributed by atoms with Gasteiger partial charge in [-0.2, -0.15) is 0 Å². The molecule has 1 aromatic rings. The van der Waals surface area contributed by atoms with Crippen LogP contribution < -0.4 is 5.32 Å². The zero-order chi connectivity index (χ0) is 12.6. The lowest BCUT2D eigenvalue weighted by molar-refractivity contribution is 0.0172. The van der Waals surface area contributed by atoms with Crippen LogP contribution >= 0.6 is 11.6 Å². The van der Waals surface area contributed by atoms with Crippen molar-refractivity contribution in [1.82, 2.24) is 9.97 Å². The fourth-order valence-corrected chi connectivity index (χ4v) is 1.96. The normalized spacial score (nSPS) is 19.1. The number of ether oxygens (including phenoxy) is 2. The van der Waals surface area contributed by atoms with Crippen LogP contribution in [0, 0.1) is 0 Å². The topological polar surface area (TPSA) is 56.3 Å². The van der Waals surface area contributed by atoms with Crippen LogP contribution in [0.3, 0.4) is 0 Å². The molecule has 1 atom stereocenters. The standard InChI is InChI=1S/C12H18ClN3O2/c13-11-7-14-8-12(16-11)15-4-2-5-17-9-10-3-1-6-18-10/h7-8,10H,1-6,9H2,(H,15,16)/t10-/m1/s1. The lowest BCUT2D eigenvalue weighted by Crippen LogP contribution is -2.15. The van der Waals surface area contributed by atoms with Gasteiger partial charge in [-0.3, -0.25) is 4.98 Å². The molecule has 2 heterocycles. The highest BCUT2D eigenvalue weighted by atomic mass is 35.5. The second-order valence-corrected chi connectivity index (χ2v) is 4.60. The molecule has 0 unspecified atom stereocenters. The van der Waals surface area contributed by atoms with Crippen molar-refractivity contribution in [3.05, 3.63) is 17.5 Å². The number of rotatable bonds is 7. The predicted octanol–water partition coefficient (Wildman–Crippen LogP) is 2.13. The van der Waals surface area contributed by atoms with Crippen molar-refractivity contribution in [1.29, 1.82) is 0 Å². The Morgan fingerprint density at radius 1 is 1.50 bits per heavy atom. The Hall–Kier alpha value is -0.910. The van der Waals surface area contributed by atoms with E-state index in [1.54, 1.807) is 6.20 Å². The summed E-state index contributed by atoms with van der Waals surface area (Å²) in [5.41, 5.74) is 0. The molecule has 0 saturated carbocycles. The van der Waals surface area contributed by atoms with Crippen LogP contribution in [0.15, 0.2) is 12.4 Å². The minimum Gasteiger partial charge on any atom is -0.379 e. The fourth-order valence-electron chi connectivity index (χ4n) is 1.81. The Bertz CT molecular complexity index is 359. The van der Waals surface area contributed by atoms with E-state index in [1.165, 1.54) is 6.20 Å². The van der Waals surface area contributed by atoms with Crippen molar-refractivity contribution >= 4 is 17.4 Å². The SMILES string of the molecule is Clc1cncc(NCCCOC[C@H]2CCCO2)n1. The first-order valence-corrected chi connectivity index (χ1v) is 6.63. The van der Waals surface area contributed by atoms with E-state index in [4.69, 9.17) is 21.1 Å². The van der Waals surface area contributed by atoms with E-state index in [0.717, 1.165) is 39.0 Å². The van der Waals surface area contributed by atoms with Crippen LogP contribution in [-0.4, -0.2) is 42.4 Å². The quantitative estimate of drug-likeness (QED) is 0.770. The van der Waals surface area contributed by atoms with Crippen LogP contribution in [0.5, 0.6) is 0 Å². The van der Waals surface area contributed by atoms with Gasteiger partial charge < -0.3 is 14.8 Å². The Balaban J connectivity index is 1.50. The number of nitrogens with zero attached hydrogens (tertiary/aromatic N) is 2. The van der Waals surface area contributed by atoms with Crippen LogP contribution in [0.2, 0.25) is 5.15 Å². The molecule has 100 valence electrons. The summed E-state index contributed by atoms with van der Waals surface area (Å²) in [5, 5.41) is 3.54. The first-order chi connectivity index (χ1) is 8.84. The molecule has 18 heavy (non-hydrogen) atoms. The lowest BCUT2D eigenvalue weighted by atomic mass is 10.2. The molecular formula is C12H18ClN3O2. The second kappa shape index (κ2) is 7.51. The van der Waals surface area contributed by atoms with Crippen LogP contribution in [0.25, 0.3) is 0 Å². The average molecular weight is 272 g/mol. The minimum absolute atomic E-state index is 0.303. The third-order valence-electron chi connectivity index (χ3n) is 2.70. The van der Waals surface area contributed by atoms with Crippen molar-refractivity contribution in [2.75, 3.05) is 31.7 Å². The van der Waals surface area contributed by atoms with E-state index < -0.39 is 0 Å². The van der Waals surface area contributed by atoms with E-state index in [-0.39, 0.29) is 0 Å². The van der Waals surface area contributed by atoms with Gasteiger partial charge in [-0.05, 0) is 19.3 Å². The highest BCUT2D eigenvalue weighted by molar-refractivity contribution is 6.29. The fraction of sp³-hybridized carbons (Fsp3) is 0.667. The molecule has 0 aromatic carbocycles. The number of aromatic nitrogens is 2. The number of anilines is 1. The zero-order valence-electron chi connectivity index (χ0n) is 10.3. The first-order valence-electron chi connectivity index (χ1n) is 6.25. The van der Waals surface area contributed by atoms with Crippen molar-refractivity contribution in [3.63, 3.8) is 0 Å². The summed E-state index contributed by atoms with van der Waals surface area (Å²) < 4.78 is 11.0. The van der Waals surface area contributed by atoms with E-state index in [2.05, 4.69) is 15.3 Å². The number of hydrogen-bond donors (Lipinski definition) is 1. The van der Waals surface area contributed by atoms with E-state index in [9.17, 15) is 0 Å². The van der Waals surface area contributed by atoms with Gasteiger partial charge in [0.15, 0.2) is 0 Å². The maximum Gasteiger partial charge on any atom is 0.149 e. The number of halogens is 1. The molecule has 1 N–H and O–H groups in total. The molecule has 1 aliphatic heterocycles. The third kappa shape index (κ3) is 4.76. The van der Waals surface area contributed by atoms with Gasteiger partial charge in [0.05, 0.1) is 25.1 Å².